The third-order valence-electron chi connectivity index (χ3n) is 2.95. The summed E-state index contributed by atoms with van der Waals surface area (Å²) in [5, 5.41) is 7.41. The fraction of sp³-hybridized carbons (Fsp3) is 0.200. The van der Waals surface area contributed by atoms with Crippen molar-refractivity contribution in [1.29, 1.82) is 0 Å². The summed E-state index contributed by atoms with van der Waals surface area (Å²) in [6.45, 7) is 1.92. The maximum atomic E-state index is 12.0. The molecule has 2 amide bonds. The van der Waals surface area contributed by atoms with Crippen molar-refractivity contribution >= 4 is 34.5 Å². The molecule has 1 heterocycles. The molecule has 0 radical (unpaired) electrons. The zero-order valence-corrected chi connectivity index (χ0v) is 12.5. The quantitative estimate of drug-likeness (QED) is 0.793. The van der Waals surface area contributed by atoms with Crippen molar-refractivity contribution < 1.29 is 9.59 Å². The average Bonchev–Trinajstić information content (AvgIpc) is 3.01. The van der Waals surface area contributed by atoms with E-state index in [0.717, 1.165) is 12.0 Å². The van der Waals surface area contributed by atoms with Crippen LogP contribution in [0.5, 0.6) is 0 Å². The zero-order chi connectivity index (χ0) is 15.2. The molecule has 6 heteroatoms. The van der Waals surface area contributed by atoms with Crippen LogP contribution in [0.3, 0.4) is 0 Å². The summed E-state index contributed by atoms with van der Waals surface area (Å²) in [4.78, 5) is 24.1. The van der Waals surface area contributed by atoms with E-state index in [4.69, 9.17) is 5.73 Å². The first-order chi connectivity index (χ1) is 10.1. The Morgan fingerprint density at radius 2 is 2.05 bits per heavy atom. The van der Waals surface area contributed by atoms with Crippen LogP contribution in [0.2, 0.25) is 0 Å². The van der Waals surface area contributed by atoms with E-state index in [1.165, 1.54) is 11.3 Å². The second kappa shape index (κ2) is 7.01. The van der Waals surface area contributed by atoms with Gasteiger partial charge in [0, 0.05) is 11.4 Å². The molecule has 0 saturated carbocycles. The minimum absolute atomic E-state index is 0.0745. The van der Waals surface area contributed by atoms with Crippen molar-refractivity contribution in [2.75, 3.05) is 17.2 Å². The van der Waals surface area contributed by atoms with Gasteiger partial charge in [0.25, 0.3) is 5.91 Å². The Bertz CT molecular complexity index is 638. The predicted molar refractivity (Wildman–Crippen MR) is 85.8 cm³/mol. The van der Waals surface area contributed by atoms with E-state index in [1.54, 1.807) is 12.1 Å². The Hall–Kier alpha value is -2.18. The molecule has 5 nitrogen and oxygen atoms in total. The van der Waals surface area contributed by atoms with Gasteiger partial charge in [0.2, 0.25) is 5.91 Å². The number of carbonyl (C=O) groups is 2. The number of hydrogen-bond donors (Lipinski definition) is 3. The number of amides is 2. The summed E-state index contributed by atoms with van der Waals surface area (Å²) < 4.78 is 0. The highest BCUT2D eigenvalue weighted by Gasteiger charge is 2.10. The van der Waals surface area contributed by atoms with Crippen LogP contribution in [0.4, 0.5) is 11.4 Å². The van der Waals surface area contributed by atoms with Gasteiger partial charge in [-0.3, -0.25) is 9.59 Å². The summed E-state index contributed by atoms with van der Waals surface area (Å²) in [7, 11) is 0. The SMILES string of the molecule is CCc1ccc(NC(=O)c2cccs2)cc1NC(=O)CN. The number of hydrogen-bond acceptors (Lipinski definition) is 4. The first-order valence-electron chi connectivity index (χ1n) is 6.61. The highest BCUT2D eigenvalue weighted by atomic mass is 32.1. The third kappa shape index (κ3) is 3.90. The lowest BCUT2D eigenvalue weighted by molar-refractivity contribution is -0.114. The van der Waals surface area contributed by atoms with E-state index in [1.807, 2.05) is 30.5 Å². The highest BCUT2D eigenvalue weighted by molar-refractivity contribution is 7.12. The number of nitrogens with one attached hydrogen (secondary N) is 2. The first-order valence-corrected chi connectivity index (χ1v) is 7.49. The maximum absolute atomic E-state index is 12.0. The molecule has 0 saturated heterocycles. The van der Waals surface area contributed by atoms with E-state index in [2.05, 4.69) is 10.6 Å². The van der Waals surface area contributed by atoms with E-state index < -0.39 is 0 Å². The molecular weight excluding hydrogens is 286 g/mol. The maximum Gasteiger partial charge on any atom is 0.265 e. The van der Waals surface area contributed by atoms with Crippen LogP contribution in [0.1, 0.15) is 22.2 Å². The lowest BCUT2D eigenvalue weighted by atomic mass is 10.1. The van der Waals surface area contributed by atoms with Crippen molar-refractivity contribution in [3.63, 3.8) is 0 Å². The van der Waals surface area contributed by atoms with Gasteiger partial charge in [-0.1, -0.05) is 19.1 Å². The molecule has 1 aromatic carbocycles. The third-order valence-corrected chi connectivity index (χ3v) is 3.82. The van der Waals surface area contributed by atoms with Crippen molar-refractivity contribution in [2.24, 2.45) is 5.73 Å². The molecule has 0 atom stereocenters. The highest BCUT2D eigenvalue weighted by Crippen LogP contribution is 2.22. The van der Waals surface area contributed by atoms with Gasteiger partial charge in [0.1, 0.15) is 0 Å². The van der Waals surface area contributed by atoms with E-state index in [9.17, 15) is 9.59 Å². The molecule has 2 rings (SSSR count). The van der Waals surface area contributed by atoms with Crippen LogP contribution >= 0.6 is 11.3 Å². The summed E-state index contributed by atoms with van der Waals surface area (Å²) >= 11 is 1.38. The van der Waals surface area contributed by atoms with Crippen LogP contribution in [0.15, 0.2) is 35.7 Å². The Balaban J connectivity index is 2.19. The molecular formula is C15H17N3O2S. The minimum Gasteiger partial charge on any atom is -0.325 e. The van der Waals surface area contributed by atoms with Crippen LogP contribution in [0.25, 0.3) is 0 Å². The Kier molecular flexibility index (Phi) is 5.08. The van der Waals surface area contributed by atoms with Gasteiger partial charge in [-0.25, -0.2) is 0 Å². The fourth-order valence-electron chi connectivity index (χ4n) is 1.88. The molecule has 0 bridgehead atoms. The van der Waals surface area contributed by atoms with Crippen LogP contribution in [-0.2, 0) is 11.2 Å². The molecule has 1 aromatic heterocycles. The van der Waals surface area contributed by atoms with Crippen molar-refractivity contribution in [2.45, 2.75) is 13.3 Å². The van der Waals surface area contributed by atoms with Gasteiger partial charge in [-0.05, 0) is 35.6 Å². The molecule has 21 heavy (non-hydrogen) atoms. The molecule has 0 aliphatic heterocycles. The van der Waals surface area contributed by atoms with Crippen molar-refractivity contribution in [3.05, 3.63) is 46.2 Å². The van der Waals surface area contributed by atoms with Gasteiger partial charge in [-0.2, -0.15) is 0 Å². The first kappa shape index (κ1) is 15.2. The summed E-state index contributed by atoms with van der Waals surface area (Å²) in [6.07, 6.45) is 0.777. The van der Waals surface area contributed by atoms with Crippen LogP contribution < -0.4 is 16.4 Å². The van der Waals surface area contributed by atoms with Gasteiger partial charge >= 0.3 is 0 Å². The van der Waals surface area contributed by atoms with E-state index >= 15 is 0 Å². The Morgan fingerprint density at radius 3 is 2.67 bits per heavy atom. The van der Waals surface area contributed by atoms with Crippen LogP contribution in [0, 0.1) is 0 Å². The molecule has 0 spiro atoms. The predicted octanol–water partition coefficient (Wildman–Crippen LogP) is 2.46. The molecule has 110 valence electrons. The standard InChI is InChI=1S/C15H17N3O2S/c1-2-10-5-6-11(8-12(10)18-14(19)9-16)17-15(20)13-4-3-7-21-13/h3-8H,2,9,16H2,1H3,(H,17,20)(H,18,19). The topological polar surface area (TPSA) is 84.2 Å². The molecule has 4 N–H and O–H groups in total. The van der Waals surface area contributed by atoms with E-state index in [-0.39, 0.29) is 18.4 Å². The van der Waals surface area contributed by atoms with Gasteiger partial charge in [0.05, 0.1) is 11.4 Å². The lowest BCUT2D eigenvalue weighted by Crippen LogP contribution is -2.22. The molecule has 2 aromatic rings. The number of anilines is 2. The largest absolute Gasteiger partial charge is 0.325 e. The van der Waals surface area contributed by atoms with Crippen LogP contribution in [-0.4, -0.2) is 18.4 Å². The van der Waals surface area contributed by atoms with E-state index in [0.29, 0.717) is 16.3 Å². The summed E-state index contributed by atoms with van der Waals surface area (Å²) in [6, 6.07) is 9.04. The molecule has 0 unspecified atom stereocenters. The molecule has 0 aliphatic rings. The van der Waals surface area contributed by atoms with Crippen molar-refractivity contribution in [3.8, 4) is 0 Å². The van der Waals surface area contributed by atoms with Gasteiger partial charge in [-0.15, -0.1) is 11.3 Å². The van der Waals surface area contributed by atoms with Gasteiger partial charge in [0.15, 0.2) is 0 Å². The minimum atomic E-state index is -0.258. The number of carbonyl (C=O) groups excluding carboxylic acids is 2. The average molecular weight is 303 g/mol. The lowest BCUT2D eigenvalue weighted by Gasteiger charge is -2.12. The summed E-state index contributed by atoms with van der Waals surface area (Å²) in [5.41, 5.74) is 7.62. The smallest absolute Gasteiger partial charge is 0.265 e. The number of benzene rings is 1. The zero-order valence-electron chi connectivity index (χ0n) is 11.7. The van der Waals surface area contributed by atoms with Crippen molar-refractivity contribution in [1.82, 2.24) is 0 Å². The Morgan fingerprint density at radius 1 is 1.24 bits per heavy atom. The molecule has 0 fully saturated rings. The fourth-order valence-corrected chi connectivity index (χ4v) is 2.50. The Labute approximate surface area is 127 Å². The number of thiophene rings is 1. The monoisotopic (exact) mass is 303 g/mol. The molecule has 0 aliphatic carbocycles. The summed E-state index contributed by atoms with van der Waals surface area (Å²) in [5.74, 6) is -0.420. The van der Waals surface area contributed by atoms with Gasteiger partial charge < -0.3 is 16.4 Å². The number of rotatable bonds is 5. The second-order valence-corrected chi connectivity index (χ2v) is 5.36. The second-order valence-electron chi connectivity index (χ2n) is 4.41. The normalized spacial score (nSPS) is 10.2. The number of nitrogens with two attached hydrogens (primary N) is 1. The number of aryl methyl sites for hydroxylation is 1.